The van der Waals surface area contributed by atoms with Gasteiger partial charge in [-0.15, -0.1) is 0 Å². The van der Waals surface area contributed by atoms with Gasteiger partial charge in [-0.25, -0.2) is 4.39 Å². The average Bonchev–Trinajstić information content (AvgIpc) is 2.61. The van der Waals surface area contributed by atoms with Crippen LogP contribution in [0.2, 0.25) is 0 Å². The number of nitrogens with zero attached hydrogens (tertiary/aromatic N) is 1. The summed E-state index contributed by atoms with van der Waals surface area (Å²) in [6.07, 6.45) is 0.202. The molecule has 1 unspecified atom stereocenters. The Morgan fingerprint density at radius 2 is 1.84 bits per heavy atom. The number of carbonyl (C=O) groups is 1. The van der Waals surface area contributed by atoms with Crippen molar-refractivity contribution in [3.63, 3.8) is 0 Å². The van der Waals surface area contributed by atoms with Crippen LogP contribution in [-0.4, -0.2) is 42.2 Å². The lowest BCUT2D eigenvalue weighted by atomic mass is 9.91. The van der Waals surface area contributed by atoms with Crippen molar-refractivity contribution < 1.29 is 19.0 Å². The first-order chi connectivity index (χ1) is 11.9. The highest BCUT2D eigenvalue weighted by Gasteiger charge is 2.34. The van der Waals surface area contributed by atoms with Crippen molar-refractivity contribution in [3.8, 4) is 5.75 Å². The van der Waals surface area contributed by atoms with E-state index >= 15 is 0 Å². The van der Waals surface area contributed by atoms with Gasteiger partial charge in [0.15, 0.2) is 0 Å². The number of nitrogens with two attached hydrogens (primary N) is 1. The molecule has 5 nitrogen and oxygen atoms in total. The highest BCUT2D eigenvalue weighted by atomic mass is 19.1. The number of amides is 1. The van der Waals surface area contributed by atoms with Gasteiger partial charge in [0.1, 0.15) is 23.7 Å². The van der Waals surface area contributed by atoms with Crippen LogP contribution in [0.1, 0.15) is 11.1 Å². The highest BCUT2D eigenvalue weighted by Crippen LogP contribution is 2.19. The minimum atomic E-state index is -1.36. The van der Waals surface area contributed by atoms with Crippen LogP contribution in [0, 0.1) is 5.82 Å². The number of carbonyl (C=O) groups excluding carboxylic acids is 1. The molecule has 0 aliphatic carbocycles. The fourth-order valence-corrected chi connectivity index (χ4v) is 2.49. The summed E-state index contributed by atoms with van der Waals surface area (Å²) in [5, 5.41) is 9.52. The van der Waals surface area contributed by atoms with Crippen molar-refractivity contribution in [2.45, 2.75) is 18.6 Å². The topological polar surface area (TPSA) is 75.8 Å². The second-order valence-corrected chi connectivity index (χ2v) is 6.21. The van der Waals surface area contributed by atoms with Crippen LogP contribution in [0.15, 0.2) is 48.5 Å². The van der Waals surface area contributed by atoms with E-state index in [4.69, 9.17) is 10.5 Å². The zero-order chi connectivity index (χ0) is 18.4. The van der Waals surface area contributed by atoms with E-state index in [1.165, 1.54) is 11.0 Å². The van der Waals surface area contributed by atoms with E-state index < -0.39 is 12.1 Å². The Kier molecular flexibility index (Phi) is 6.12. The van der Waals surface area contributed by atoms with Gasteiger partial charge in [-0.2, -0.15) is 0 Å². The maximum atomic E-state index is 13.6. The predicted octanol–water partition coefficient (Wildman–Crippen LogP) is 1.73. The average molecular weight is 346 g/mol. The van der Waals surface area contributed by atoms with Crippen LogP contribution in [0.4, 0.5) is 4.39 Å². The first kappa shape index (κ1) is 18.9. The summed E-state index contributed by atoms with van der Waals surface area (Å²) in [5.41, 5.74) is 5.96. The molecule has 0 aliphatic rings. The third-order valence-corrected chi connectivity index (χ3v) is 3.91. The lowest BCUT2D eigenvalue weighted by Crippen LogP contribution is -2.57. The van der Waals surface area contributed by atoms with Crippen LogP contribution in [-0.2, 0) is 17.8 Å². The molecule has 0 aliphatic heterocycles. The maximum Gasteiger partial charge on any atom is 0.244 e. The number of benzene rings is 2. The highest BCUT2D eigenvalue weighted by molar-refractivity contribution is 5.86. The molecule has 0 saturated carbocycles. The minimum absolute atomic E-state index is 0.128. The van der Waals surface area contributed by atoms with Crippen LogP contribution >= 0.6 is 0 Å². The smallest absolute Gasteiger partial charge is 0.244 e. The van der Waals surface area contributed by atoms with Crippen molar-refractivity contribution in [3.05, 3.63) is 65.5 Å². The zero-order valence-corrected chi connectivity index (χ0v) is 14.4. The van der Waals surface area contributed by atoms with E-state index in [0.717, 1.165) is 5.56 Å². The molecule has 2 aromatic carbocycles. The molecular formula is C19H23FN2O3. The molecule has 6 heteroatoms. The van der Waals surface area contributed by atoms with Crippen molar-refractivity contribution in [1.29, 1.82) is 0 Å². The fraction of sp³-hybridized carbons (Fsp3) is 0.316. The number of ether oxygens (including phenoxy) is 1. The molecule has 134 valence electrons. The Bertz CT molecular complexity index is 719. The number of hydrogen-bond donors (Lipinski definition) is 2. The van der Waals surface area contributed by atoms with Crippen LogP contribution < -0.4 is 10.5 Å². The van der Waals surface area contributed by atoms with E-state index in [-0.39, 0.29) is 24.8 Å². The molecule has 0 radical (unpaired) electrons. The van der Waals surface area contributed by atoms with Crippen molar-refractivity contribution >= 4 is 5.91 Å². The number of likely N-dealkylation sites (N-methyl/N-ethyl adjacent to an activating group) is 1. The lowest BCUT2D eigenvalue weighted by Gasteiger charge is -2.29. The van der Waals surface area contributed by atoms with Crippen LogP contribution in [0.5, 0.6) is 5.75 Å². The SMILES string of the molecule is CN(C)C(=O)C(N)(CO)Cc1ccc(OCc2ccccc2F)cc1. The summed E-state index contributed by atoms with van der Waals surface area (Å²) < 4.78 is 19.1. The number of halogens is 1. The van der Waals surface area contributed by atoms with E-state index in [2.05, 4.69) is 0 Å². The van der Waals surface area contributed by atoms with Gasteiger partial charge in [0.05, 0.1) is 6.61 Å². The zero-order valence-electron chi connectivity index (χ0n) is 14.4. The number of hydrogen-bond acceptors (Lipinski definition) is 4. The first-order valence-electron chi connectivity index (χ1n) is 7.92. The van der Waals surface area contributed by atoms with Crippen molar-refractivity contribution in [2.75, 3.05) is 20.7 Å². The molecule has 1 atom stereocenters. The van der Waals surface area contributed by atoms with Crippen molar-refractivity contribution in [2.24, 2.45) is 5.73 Å². The van der Waals surface area contributed by atoms with Crippen LogP contribution in [0.3, 0.4) is 0 Å². The summed E-state index contributed by atoms with van der Waals surface area (Å²) in [6.45, 7) is -0.321. The summed E-state index contributed by atoms with van der Waals surface area (Å²) >= 11 is 0. The van der Waals surface area contributed by atoms with Gasteiger partial charge in [-0.3, -0.25) is 4.79 Å². The molecule has 3 N–H and O–H groups in total. The minimum Gasteiger partial charge on any atom is -0.489 e. The first-order valence-corrected chi connectivity index (χ1v) is 7.92. The Morgan fingerprint density at radius 3 is 2.40 bits per heavy atom. The second-order valence-electron chi connectivity index (χ2n) is 6.21. The summed E-state index contributed by atoms with van der Waals surface area (Å²) in [6, 6.07) is 13.4. The molecule has 0 heterocycles. The van der Waals surface area contributed by atoms with Gasteiger partial charge in [0, 0.05) is 26.1 Å². The molecular weight excluding hydrogens is 323 g/mol. The van der Waals surface area contributed by atoms with Gasteiger partial charge < -0.3 is 20.5 Å². The Hall–Kier alpha value is -2.44. The number of aliphatic hydroxyl groups is 1. The molecule has 0 fully saturated rings. The second kappa shape index (κ2) is 8.09. The predicted molar refractivity (Wildman–Crippen MR) is 93.6 cm³/mol. The molecule has 1 amide bonds. The van der Waals surface area contributed by atoms with Crippen LogP contribution in [0.25, 0.3) is 0 Å². The summed E-state index contributed by atoms with van der Waals surface area (Å²) in [7, 11) is 3.19. The normalized spacial score (nSPS) is 13.2. The van der Waals surface area contributed by atoms with E-state index in [1.807, 2.05) is 0 Å². The fourth-order valence-electron chi connectivity index (χ4n) is 2.49. The quantitative estimate of drug-likeness (QED) is 0.800. The van der Waals surface area contributed by atoms with Gasteiger partial charge in [-0.05, 0) is 23.8 Å². The third kappa shape index (κ3) is 4.78. The molecule has 25 heavy (non-hydrogen) atoms. The Balaban J connectivity index is 2.02. The number of aliphatic hydroxyl groups excluding tert-OH is 1. The maximum absolute atomic E-state index is 13.6. The summed E-state index contributed by atoms with van der Waals surface area (Å²) in [4.78, 5) is 13.5. The van der Waals surface area contributed by atoms with Gasteiger partial charge >= 0.3 is 0 Å². The van der Waals surface area contributed by atoms with Gasteiger partial charge in [0.25, 0.3) is 0 Å². The van der Waals surface area contributed by atoms with Gasteiger partial charge in [-0.1, -0.05) is 30.3 Å². The molecule has 2 rings (SSSR count). The monoisotopic (exact) mass is 346 g/mol. The van der Waals surface area contributed by atoms with Crippen molar-refractivity contribution in [1.82, 2.24) is 4.90 Å². The molecule has 0 aromatic heterocycles. The summed E-state index contributed by atoms with van der Waals surface area (Å²) in [5.74, 6) is -0.0652. The molecule has 0 bridgehead atoms. The Morgan fingerprint density at radius 1 is 1.20 bits per heavy atom. The van der Waals surface area contributed by atoms with Gasteiger partial charge in [0.2, 0.25) is 5.91 Å². The Labute approximate surface area is 146 Å². The van der Waals surface area contributed by atoms with E-state index in [9.17, 15) is 14.3 Å². The number of rotatable bonds is 7. The standard InChI is InChI=1S/C19H23FN2O3/c1-22(2)18(24)19(21,13-23)11-14-7-9-16(10-8-14)25-12-15-5-3-4-6-17(15)20/h3-10,23H,11-13,21H2,1-2H3. The van der Waals surface area contributed by atoms with E-state index in [0.29, 0.717) is 11.3 Å². The third-order valence-electron chi connectivity index (χ3n) is 3.91. The molecule has 0 saturated heterocycles. The molecule has 0 spiro atoms. The lowest BCUT2D eigenvalue weighted by molar-refractivity contribution is -0.135. The largest absolute Gasteiger partial charge is 0.489 e. The van der Waals surface area contributed by atoms with E-state index in [1.54, 1.807) is 56.6 Å². The molecule has 2 aromatic rings.